The lowest BCUT2D eigenvalue weighted by molar-refractivity contribution is 0.0685. The number of rotatable bonds is 5. The fourth-order valence-electron chi connectivity index (χ4n) is 2.68. The molecule has 0 unspecified atom stereocenters. The number of methoxy groups -OCH3 is 1. The molecule has 2 aromatic heterocycles. The molecule has 0 fully saturated rings. The molecule has 6 nitrogen and oxygen atoms in total. The summed E-state index contributed by atoms with van der Waals surface area (Å²) < 4.78 is 6.72. The van der Waals surface area contributed by atoms with Crippen LogP contribution in [0.1, 0.15) is 21.7 Å². The van der Waals surface area contributed by atoms with Crippen LogP contribution in [0.5, 0.6) is 5.88 Å². The molecule has 8 heteroatoms. The van der Waals surface area contributed by atoms with E-state index >= 15 is 0 Å². The van der Waals surface area contributed by atoms with Crippen LogP contribution in [-0.4, -0.2) is 32.7 Å². The summed E-state index contributed by atoms with van der Waals surface area (Å²) in [5, 5.41) is 10.6. The van der Waals surface area contributed by atoms with Gasteiger partial charge in [-0.2, -0.15) is 0 Å². The summed E-state index contributed by atoms with van der Waals surface area (Å²) in [6.07, 6.45) is 0. The first-order valence-corrected chi connectivity index (χ1v) is 8.42. The molecule has 134 valence electrons. The minimum absolute atomic E-state index is 0.0701. The van der Waals surface area contributed by atoms with Gasteiger partial charge in [-0.15, -0.1) is 0 Å². The number of nitrogens with zero attached hydrogens (tertiary/aromatic N) is 3. The lowest BCUT2D eigenvalue weighted by atomic mass is 10.2. The largest absolute Gasteiger partial charge is 0.481 e. The second kappa shape index (κ2) is 7.35. The molecule has 1 N–H and O–H groups in total. The van der Waals surface area contributed by atoms with Crippen LogP contribution >= 0.6 is 23.2 Å². The zero-order valence-corrected chi connectivity index (χ0v) is 15.5. The molecular formula is C18H15Cl2N3O3. The topological polar surface area (TPSA) is 77.2 Å². The average molecular weight is 392 g/mol. The summed E-state index contributed by atoms with van der Waals surface area (Å²) in [6, 6.07) is 10.3. The second-order valence-corrected chi connectivity index (χ2v) is 6.41. The van der Waals surface area contributed by atoms with Gasteiger partial charge in [0, 0.05) is 16.1 Å². The first-order valence-electron chi connectivity index (χ1n) is 7.66. The van der Waals surface area contributed by atoms with E-state index in [1.807, 2.05) is 0 Å². The fraction of sp³-hybridized carbons (Fsp3) is 0.167. The van der Waals surface area contributed by atoms with Gasteiger partial charge in [-0.1, -0.05) is 29.3 Å². The number of imidazole rings is 1. The van der Waals surface area contributed by atoms with Crippen molar-refractivity contribution in [1.82, 2.24) is 14.5 Å². The summed E-state index contributed by atoms with van der Waals surface area (Å²) in [5.41, 5.74) is 1.64. The van der Waals surface area contributed by atoms with Crippen molar-refractivity contribution in [3.8, 4) is 17.4 Å². The van der Waals surface area contributed by atoms with Crippen molar-refractivity contribution in [3.05, 3.63) is 63.4 Å². The average Bonchev–Trinajstić information content (AvgIpc) is 2.94. The smallest absolute Gasteiger partial charge is 0.354 e. The Bertz CT molecular complexity index is 986. The molecule has 3 aromatic rings. The molecule has 0 aliphatic carbocycles. The van der Waals surface area contributed by atoms with Crippen molar-refractivity contribution in [3.63, 3.8) is 0 Å². The first-order chi connectivity index (χ1) is 12.4. The maximum Gasteiger partial charge on any atom is 0.354 e. The molecule has 0 saturated carbocycles. The minimum Gasteiger partial charge on any atom is -0.481 e. The number of aromatic carboxylic acids is 1. The highest BCUT2D eigenvalue weighted by molar-refractivity contribution is 6.33. The highest BCUT2D eigenvalue weighted by Crippen LogP contribution is 2.27. The lowest BCUT2D eigenvalue weighted by Crippen LogP contribution is -2.12. The Hall–Kier alpha value is -2.57. The van der Waals surface area contributed by atoms with E-state index in [1.165, 1.54) is 7.11 Å². The number of hydrogen-bond donors (Lipinski definition) is 1. The van der Waals surface area contributed by atoms with Crippen molar-refractivity contribution in [1.29, 1.82) is 0 Å². The van der Waals surface area contributed by atoms with Crippen LogP contribution in [0.15, 0.2) is 36.4 Å². The number of benzene rings is 1. The Balaban J connectivity index is 2.18. The van der Waals surface area contributed by atoms with E-state index in [-0.39, 0.29) is 12.2 Å². The predicted octanol–water partition coefficient (Wildman–Crippen LogP) is 4.32. The highest BCUT2D eigenvalue weighted by Gasteiger charge is 2.23. The Kier molecular flexibility index (Phi) is 5.15. The van der Waals surface area contributed by atoms with Gasteiger partial charge in [0.2, 0.25) is 5.88 Å². The Morgan fingerprint density at radius 1 is 1.23 bits per heavy atom. The number of ether oxygens (including phenoxy) is 1. The van der Waals surface area contributed by atoms with Gasteiger partial charge < -0.3 is 14.4 Å². The Morgan fingerprint density at radius 3 is 2.69 bits per heavy atom. The predicted molar refractivity (Wildman–Crippen MR) is 99.3 cm³/mol. The monoisotopic (exact) mass is 391 g/mol. The number of aromatic nitrogens is 3. The third kappa shape index (κ3) is 3.52. The molecule has 0 bridgehead atoms. The van der Waals surface area contributed by atoms with Crippen molar-refractivity contribution in [2.75, 3.05) is 7.11 Å². The molecule has 0 spiro atoms. The second-order valence-electron chi connectivity index (χ2n) is 5.56. The summed E-state index contributed by atoms with van der Waals surface area (Å²) in [6.45, 7) is 1.83. The number of carbonyl (C=O) groups is 1. The van der Waals surface area contributed by atoms with Crippen LogP contribution in [0.3, 0.4) is 0 Å². The van der Waals surface area contributed by atoms with Crippen molar-refractivity contribution in [2.45, 2.75) is 13.5 Å². The molecule has 1 aromatic carbocycles. The van der Waals surface area contributed by atoms with E-state index in [4.69, 9.17) is 27.9 Å². The van der Waals surface area contributed by atoms with E-state index in [2.05, 4.69) is 9.97 Å². The van der Waals surface area contributed by atoms with Gasteiger partial charge in [-0.3, -0.25) is 0 Å². The Morgan fingerprint density at radius 2 is 2.00 bits per heavy atom. The molecule has 0 radical (unpaired) electrons. The molecule has 0 saturated heterocycles. The van der Waals surface area contributed by atoms with Gasteiger partial charge >= 0.3 is 5.97 Å². The summed E-state index contributed by atoms with van der Waals surface area (Å²) >= 11 is 12.3. The van der Waals surface area contributed by atoms with Gasteiger partial charge in [0.15, 0.2) is 11.5 Å². The van der Waals surface area contributed by atoms with E-state index in [1.54, 1.807) is 47.9 Å². The standard InChI is InChI=1S/C18H15Cl2N3O3/c1-10-16(18(24)25)23(9-11-8-12(19)6-7-13(11)20)17(21-10)14-4-3-5-15(22-14)26-2/h3-8H,9H2,1-2H3,(H,24,25). The molecular weight excluding hydrogens is 377 g/mol. The quantitative estimate of drug-likeness (QED) is 0.700. The minimum atomic E-state index is -1.08. The zero-order chi connectivity index (χ0) is 18.8. The summed E-state index contributed by atoms with van der Waals surface area (Å²) in [4.78, 5) is 20.6. The van der Waals surface area contributed by atoms with E-state index in [0.29, 0.717) is 38.7 Å². The third-order valence-electron chi connectivity index (χ3n) is 3.84. The van der Waals surface area contributed by atoms with Gasteiger partial charge in [-0.25, -0.2) is 14.8 Å². The maximum atomic E-state index is 11.8. The lowest BCUT2D eigenvalue weighted by Gasteiger charge is -2.12. The van der Waals surface area contributed by atoms with Crippen molar-refractivity contribution in [2.24, 2.45) is 0 Å². The van der Waals surface area contributed by atoms with E-state index < -0.39 is 5.97 Å². The van der Waals surface area contributed by atoms with Crippen molar-refractivity contribution < 1.29 is 14.6 Å². The summed E-state index contributed by atoms with van der Waals surface area (Å²) in [5.74, 6) is -0.260. The zero-order valence-electron chi connectivity index (χ0n) is 14.0. The number of aryl methyl sites for hydroxylation is 1. The van der Waals surface area contributed by atoms with Crippen LogP contribution in [0.25, 0.3) is 11.5 Å². The molecule has 0 aliphatic heterocycles. The molecule has 0 atom stereocenters. The summed E-state index contributed by atoms with van der Waals surface area (Å²) in [7, 11) is 1.51. The molecule has 3 rings (SSSR count). The van der Waals surface area contributed by atoms with Gasteiger partial charge in [0.05, 0.1) is 19.3 Å². The van der Waals surface area contributed by atoms with Crippen LogP contribution < -0.4 is 4.74 Å². The van der Waals surface area contributed by atoms with Crippen LogP contribution in [0.2, 0.25) is 10.0 Å². The van der Waals surface area contributed by atoms with Crippen LogP contribution in [0, 0.1) is 6.92 Å². The number of halogens is 2. The normalized spacial score (nSPS) is 10.8. The first kappa shape index (κ1) is 18.2. The van der Waals surface area contributed by atoms with Crippen LogP contribution in [0.4, 0.5) is 0 Å². The fourth-order valence-corrected chi connectivity index (χ4v) is 3.05. The third-order valence-corrected chi connectivity index (χ3v) is 4.45. The van der Waals surface area contributed by atoms with E-state index in [9.17, 15) is 9.90 Å². The number of hydrogen-bond acceptors (Lipinski definition) is 4. The molecule has 0 amide bonds. The van der Waals surface area contributed by atoms with Gasteiger partial charge in [0.1, 0.15) is 5.69 Å². The highest BCUT2D eigenvalue weighted by atomic mass is 35.5. The maximum absolute atomic E-state index is 11.8. The molecule has 0 aliphatic rings. The SMILES string of the molecule is COc1cccc(-c2nc(C)c(C(=O)O)n2Cc2cc(Cl)ccc2Cl)n1. The van der Waals surface area contributed by atoms with E-state index in [0.717, 1.165) is 0 Å². The number of carboxylic acids is 1. The van der Waals surface area contributed by atoms with Gasteiger partial charge in [0.25, 0.3) is 0 Å². The van der Waals surface area contributed by atoms with Crippen LogP contribution in [-0.2, 0) is 6.54 Å². The number of carboxylic acid groups (broad SMARTS) is 1. The Labute approximate surface area is 160 Å². The molecule has 2 heterocycles. The van der Waals surface area contributed by atoms with Gasteiger partial charge in [-0.05, 0) is 36.8 Å². The molecule has 26 heavy (non-hydrogen) atoms. The van der Waals surface area contributed by atoms with Crippen molar-refractivity contribution >= 4 is 29.2 Å². The number of pyridine rings is 1.